The predicted molar refractivity (Wildman–Crippen MR) is 120 cm³/mol. The number of benzene rings is 1. The van der Waals surface area contributed by atoms with Crippen molar-refractivity contribution in [2.24, 2.45) is 0 Å². The number of hydrogen-bond acceptors (Lipinski definition) is 9. The molecule has 2 aliphatic heterocycles. The highest BCUT2D eigenvalue weighted by Gasteiger charge is 2.30. The molecule has 2 atom stereocenters. The van der Waals surface area contributed by atoms with Crippen molar-refractivity contribution in [1.82, 2.24) is 29.3 Å². The topological polar surface area (TPSA) is 101 Å². The molecule has 0 unspecified atom stereocenters. The highest BCUT2D eigenvalue weighted by atomic mass is 16.5. The van der Waals surface area contributed by atoms with Gasteiger partial charge in [0.1, 0.15) is 12.6 Å². The molecular formula is C22H29N7O3. The maximum absolute atomic E-state index is 9.82. The molecule has 0 radical (unpaired) electrons. The maximum atomic E-state index is 9.82. The molecule has 170 valence electrons. The number of anilines is 2. The van der Waals surface area contributed by atoms with E-state index < -0.39 is 0 Å². The van der Waals surface area contributed by atoms with Gasteiger partial charge in [0.05, 0.1) is 32.3 Å². The van der Waals surface area contributed by atoms with Gasteiger partial charge in [-0.05, 0) is 12.1 Å². The first-order valence-corrected chi connectivity index (χ1v) is 11.1. The fraction of sp³-hybridized carbons (Fsp3) is 0.500. The van der Waals surface area contributed by atoms with Gasteiger partial charge in [-0.3, -0.25) is 14.4 Å². The number of aliphatic hydroxyl groups is 1. The molecule has 0 spiro atoms. The number of aliphatic hydroxyl groups excluding tert-OH is 1. The van der Waals surface area contributed by atoms with E-state index in [1.165, 1.54) is 6.33 Å². The van der Waals surface area contributed by atoms with Crippen LogP contribution in [0.15, 0.2) is 43.0 Å². The number of rotatable bonds is 7. The Bertz CT molecular complexity index is 1010. The van der Waals surface area contributed by atoms with Crippen LogP contribution in [0.5, 0.6) is 0 Å². The Balaban J connectivity index is 1.33. The lowest BCUT2D eigenvalue weighted by Gasteiger charge is -2.39. The molecule has 0 bridgehead atoms. The first-order valence-electron chi connectivity index (χ1n) is 11.1. The molecule has 4 heterocycles. The van der Waals surface area contributed by atoms with Crippen LogP contribution >= 0.6 is 0 Å². The van der Waals surface area contributed by atoms with Crippen LogP contribution in [-0.4, -0.2) is 99.6 Å². The summed E-state index contributed by atoms with van der Waals surface area (Å²) in [7, 11) is 0. The van der Waals surface area contributed by atoms with E-state index in [2.05, 4.69) is 30.1 Å². The summed E-state index contributed by atoms with van der Waals surface area (Å²) in [4.78, 5) is 18.2. The molecule has 10 nitrogen and oxygen atoms in total. The third kappa shape index (κ3) is 4.74. The Hall–Kier alpha value is -2.63. The summed E-state index contributed by atoms with van der Waals surface area (Å²) in [5.41, 5.74) is 2.33. The number of aromatic nitrogens is 4. The zero-order chi connectivity index (χ0) is 21.8. The molecule has 3 aromatic rings. The van der Waals surface area contributed by atoms with Crippen molar-refractivity contribution in [3.8, 4) is 0 Å². The van der Waals surface area contributed by atoms with Crippen LogP contribution in [0.3, 0.4) is 0 Å². The minimum Gasteiger partial charge on any atom is -0.394 e. The van der Waals surface area contributed by atoms with E-state index in [0.717, 1.165) is 45.1 Å². The lowest BCUT2D eigenvalue weighted by Crippen LogP contribution is -2.50. The highest BCUT2D eigenvalue weighted by Crippen LogP contribution is 2.27. The number of morpholine rings is 2. The van der Waals surface area contributed by atoms with E-state index in [1.54, 1.807) is 6.33 Å². The maximum Gasteiger partial charge on any atom is 0.167 e. The van der Waals surface area contributed by atoms with Crippen molar-refractivity contribution in [2.75, 3.05) is 64.4 Å². The Morgan fingerprint density at radius 2 is 1.81 bits per heavy atom. The minimum absolute atomic E-state index is 0.0209. The number of para-hydroxylation sites is 1. The van der Waals surface area contributed by atoms with Crippen molar-refractivity contribution in [2.45, 2.75) is 12.3 Å². The molecule has 32 heavy (non-hydrogen) atoms. The lowest BCUT2D eigenvalue weighted by molar-refractivity contribution is -0.134. The quantitative estimate of drug-likeness (QED) is 0.560. The van der Waals surface area contributed by atoms with Gasteiger partial charge < -0.3 is 19.9 Å². The van der Waals surface area contributed by atoms with Crippen molar-refractivity contribution >= 4 is 22.7 Å². The average Bonchev–Trinajstić information content (AvgIpc) is 3.29. The predicted octanol–water partition coefficient (Wildman–Crippen LogP) is 1.09. The van der Waals surface area contributed by atoms with Crippen LogP contribution in [0.2, 0.25) is 0 Å². The summed E-state index contributed by atoms with van der Waals surface area (Å²) in [5.74, 6) is 0.652. The van der Waals surface area contributed by atoms with Crippen LogP contribution in [0, 0.1) is 0 Å². The highest BCUT2D eigenvalue weighted by molar-refractivity contribution is 5.85. The number of hydrogen-bond donors (Lipinski definition) is 2. The van der Waals surface area contributed by atoms with Gasteiger partial charge in [-0.1, -0.05) is 18.2 Å². The van der Waals surface area contributed by atoms with Gasteiger partial charge in [0.2, 0.25) is 0 Å². The summed E-state index contributed by atoms with van der Waals surface area (Å²) in [6.07, 6.45) is 2.75. The second-order valence-corrected chi connectivity index (χ2v) is 8.15. The molecule has 0 amide bonds. The Labute approximate surface area is 186 Å². The van der Waals surface area contributed by atoms with Crippen LogP contribution in [-0.2, 0) is 9.47 Å². The Morgan fingerprint density at radius 1 is 1.00 bits per heavy atom. The molecule has 2 aromatic heterocycles. The van der Waals surface area contributed by atoms with Gasteiger partial charge in [-0.15, -0.1) is 0 Å². The van der Waals surface area contributed by atoms with Crippen molar-refractivity contribution in [3.63, 3.8) is 0 Å². The van der Waals surface area contributed by atoms with Crippen LogP contribution < -0.4 is 5.32 Å². The van der Waals surface area contributed by atoms with E-state index in [1.807, 2.05) is 34.9 Å². The van der Waals surface area contributed by atoms with E-state index in [0.29, 0.717) is 30.1 Å². The number of ether oxygens (including phenoxy) is 2. The first-order chi connectivity index (χ1) is 15.8. The second kappa shape index (κ2) is 9.88. The zero-order valence-electron chi connectivity index (χ0n) is 18.0. The molecule has 1 aromatic carbocycles. The SMILES string of the molecule is OC[C@@H]1CN(CCN2CCOCC2)C[C@H](n2cnc3c(Nc4ccccc4)ncnc32)O1. The molecular weight excluding hydrogens is 410 g/mol. The largest absolute Gasteiger partial charge is 0.394 e. The molecule has 2 aliphatic rings. The first kappa shape index (κ1) is 21.2. The summed E-state index contributed by atoms with van der Waals surface area (Å²) < 4.78 is 13.6. The number of nitrogens with one attached hydrogen (secondary N) is 1. The average molecular weight is 440 g/mol. The standard InChI is InChI=1S/C22H29N7O3/c30-14-18-12-28(7-6-27-8-10-31-11-9-27)13-19(32-18)29-16-25-20-21(23-15-24-22(20)29)26-17-4-2-1-3-5-17/h1-5,15-16,18-19,30H,6-14H2,(H,23,24,26)/t18-,19+/m0/s1. The third-order valence-electron chi connectivity index (χ3n) is 5.97. The van der Waals surface area contributed by atoms with E-state index in [4.69, 9.17) is 9.47 Å². The Morgan fingerprint density at radius 3 is 2.62 bits per heavy atom. The lowest BCUT2D eigenvalue weighted by atomic mass is 10.2. The summed E-state index contributed by atoms with van der Waals surface area (Å²) in [6, 6.07) is 9.87. The van der Waals surface area contributed by atoms with Crippen LogP contribution in [0.4, 0.5) is 11.5 Å². The summed E-state index contributed by atoms with van der Waals surface area (Å²) in [5, 5.41) is 13.1. The molecule has 5 rings (SSSR count). The van der Waals surface area contributed by atoms with Gasteiger partial charge in [0.15, 0.2) is 17.0 Å². The minimum atomic E-state index is -0.282. The van der Waals surface area contributed by atoms with Gasteiger partial charge in [-0.2, -0.15) is 0 Å². The van der Waals surface area contributed by atoms with Crippen LogP contribution in [0.1, 0.15) is 6.23 Å². The van der Waals surface area contributed by atoms with E-state index in [-0.39, 0.29) is 18.9 Å². The van der Waals surface area contributed by atoms with Crippen molar-refractivity contribution < 1.29 is 14.6 Å². The normalized spacial score (nSPS) is 22.9. The monoisotopic (exact) mass is 439 g/mol. The van der Waals surface area contributed by atoms with Crippen molar-refractivity contribution in [1.29, 1.82) is 0 Å². The molecule has 2 saturated heterocycles. The molecule has 2 N–H and O–H groups in total. The molecule has 0 saturated carbocycles. The fourth-order valence-electron chi connectivity index (χ4n) is 4.25. The van der Waals surface area contributed by atoms with Gasteiger partial charge in [0, 0.05) is 45.0 Å². The third-order valence-corrected chi connectivity index (χ3v) is 5.97. The van der Waals surface area contributed by atoms with Gasteiger partial charge in [-0.25, -0.2) is 15.0 Å². The number of fused-ring (bicyclic) bond motifs is 1. The van der Waals surface area contributed by atoms with E-state index >= 15 is 0 Å². The Kier molecular flexibility index (Phi) is 6.56. The molecule has 2 fully saturated rings. The second-order valence-electron chi connectivity index (χ2n) is 8.15. The van der Waals surface area contributed by atoms with Gasteiger partial charge in [0.25, 0.3) is 0 Å². The number of nitrogens with zero attached hydrogens (tertiary/aromatic N) is 6. The smallest absolute Gasteiger partial charge is 0.167 e. The van der Waals surface area contributed by atoms with Gasteiger partial charge >= 0.3 is 0 Å². The molecule has 0 aliphatic carbocycles. The zero-order valence-corrected chi connectivity index (χ0v) is 18.0. The molecule has 10 heteroatoms. The summed E-state index contributed by atoms with van der Waals surface area (Å²) >= 11 is 0. The fourth-order valence-corrected chi connectivity index (χ4v) is 4.25. The van der Waals surface area contributed by atoms with Crippen molar-refractivity contribution in [3.05, 3.63) is 43.0 Å². The van der Waals surface area contributed by atoms with Crippen LogP contribution in [0.25, 0.3) is 11.2 Å². The number of imidazole rings is 1. The van der Waals surface area contributed by atoms with E-state index in [9.17, 15) is 5.11 Å². The summed E-state index contributed by atoms with van der Waals surface area (Å²) in [6.45, 7) is 6.82.